The number of hydrogen-bond acceptors (Lipinski definition) is 5. The highest BCUT2D eigenvalue weighted by Crippen LogP contribution is 2.31. The summed E-state index contributed by atoms with van der Waals surface area (Å²) < 4.78 is 9.40. The molecule has 2 atom stereocenters. The average Bonchev–Trinajstić information content (AvgIpc) is 2.74. The molecule has 4 nitrogen and oxygen atoms in total. The molecule has 1 aromatic heterocycles. The Bertz CT molecular complexity index is 445. The first kappa shape index (κ1) is 14.3. The van der Waals surface area contributed by atoms with Crippen molar-refractivity contribution in [2.75, 3.05) is 11.9 Å². The van der Waals surface area contributed by atoms with Gasteiger partial charge in [0.05, 0.1) is 12.3 Å². The van der Waals surface area contributed by atoms with Gasteiger partial charge in [0, 0.05) is 6.04 Å². The number of anilines is 1. The molecule has 0 bridgehead atoms. The molecular weight excluding hydrogens is 260 g/mol. The molecule has 106 valence electrons. The van der Waals surface area contributed by atoms with Gasteiger partial charge in [0.25, 0.3) is 0 Å². The summed E-state index contributed by atoms with van der Waals surface area (Å²) in [6.07, 6.45) is 4.99. The number of esters is 1. The van der Waals surface area contributed by atoms with Crippen molar-refractivity contribution in [3.05, 3.63) is 11.3 Å². The number of hydrogen-bond donors (Lipinski definition) is 1. The Morgan fingerprint density at radius 3 is 2.89 bits per heavy atom. The molecule has 1 aromatic rings. The van der Waals surface area contributed by atoms with Crippen molar-refractivity contribution in [3.63, 3.8) is 0 Å². The van der Waals surface area contributed by atoms with Gasteiger partial charge in [-0.1, -0.05) is 19.8 Å². The van der Waals surface area contributed by atoms with E-state index < -0.39 is 0 Å². The van der Waals surface area contributed by atoms with Crippen LogP contribution in [0.3, 0.4) is 0 Å². The topological polar surface area (TPSA) is 51.2 Å². The highest BCUT2D eigenvalue weighted by Gasteiger charge is 2.25. The maximum Gasteiger partial charge on any atom is 0.343 e. The van der Waals surface area contributed by atoms with Crippen molar-refractivity contribution >= 4 is 22.5 Å². The average molecular weight is 282 g/mol. The molecule has 0 spiro atoms. The summed E-state index contributed by atoms with van der Waals surface area (Å²) in [7, 11) is 0. The van der Waals surface area contributed by atoms with Gasteiger partial charge in [0.1, 0.15) is 10.6 Å². The van der Waals surface area contributed by atoms with E-state index in [0.717, 1.165) is 10.7 Å². The van der Waals surface area contributed by atoms with Gasteiger partial charge in [-0.2, -0.15) is 4.37 Å². The first-order valence-electron chi connectivity index (χ1n) is 7.03. The highest BCUT2D eigenvalue weighted by molar-refractivity contribution is 7.10. The Morgan fingerprint density at radius 1 is 1.47 bits per heavy atom. The minimum absolute atomic E-state index is 0.264. The van der Waals surface area contributed by atoms with Gasteiger partial charge >= 0.3 is 5.97 Å². The molecule has 2 unspecified atom stereocenters. The van der Waals surface area contributed by atoms with E-state index in [4.69, 9.17) is 4.74 Å². The molecular formula is C14H22N2O2S. The summed E-state index contributed by atoms with van der Waals surface area (Å²) >= 11 is 1.36. The number of carbonyl (C=O) groups is 1. The number of aromatic nitrogens is 1. The Kier molecular flexibility index (Phi) is 4.80. The molecule has 1 fully saturated rings. The summed E-state index contributed by atoms with van der Waals surface area (Å²) in [4.78, 5) is 12.0. The molecule has 0 saturated heterocycles. The minimum atomic E-state index is -0.264. The van der Waals surface area contributed by atoms with E-state index in [-0.39, 0.29) is 5.97 Å². The summed E-state index contributed by atoms with van der Waals surface area (Å²) in [6.45, 7) is 6.35. The van der Waals surface area contributed by atoms with Gasteiger partial charge in [-0.05, 0) is 44.1 Å². The van der Waals surface area contributed by atoms with Crippen LogP contribution < -0.4 is 5.32 Å². The molecule has 0 aliphatic heterocycles. The van der Waals surface area contributed by atoms with Crippen LogP contribution in [0.2, 0.25) is 0 Å². The van der Waals surface area contributed by atoms with Crippen molar-refractivity contribution in [2.45, 2.75) is 52.5 Å². The van der Waals surface area contributed by atoms with Crippen LogP contribution in [0.25, 0.3) is 0 Å². The molecule has 0 radical (unpaired) electrons. The van der Waals surface area contributed by atoms with E-state index in [9.17, 15) is 4.79 Å². The van der Waals surface area contributed by atoms with Crippen molar-refractivity contribution in [1.82, 2.24) is 4.37 Å². The molecule has 1 heterocycles. The fourth-order valence-electron chi connectivity index (χ4n) is 2.61. The Labute approximate surface area is 118 Å². The van der Waals surface area contributed by atoms with Crippen LogP contribution in [0.1, 0.15) is 55.6 Å². The lowest BCUT2D eigenvalue weighted by Crippen LogP contribution is -2.30. The predicted octanol–water partition coefficient (Wildman–Crippen LogP) is 3.62. The fraction of sp³-hybridized carbons (Fsp3) is 0.714. The van der Waals surface area contributed by atoms with Crippen LogP contribution in [0.4, 0.5) is 5.00 Å². The molecule has 19 heavy (non-hydrogen) atoms. The maximum atomic E-state index is 12.0. The zero-order chi connectivity index (χ0) is 13.8. The van der Waals surface area contributed by atoms with Crippen LogP contribution in [0.15, 0.2) is 0 Å². The van der Waals surface area contributed by atoms with Crippen LogP contribution in [0.5, 0.6) is 0 Å². The second-order valence-electron chi connectivity index (χ2n) is 5.21. The van der Waals surface area contributed by atoms with E-state index in [1.807, 2.05) is 13.8 Å². The normalized spacial score (nSPS) is 23.1. The first-order valence-corrected chi connectivity index (χ1v) is 7.80. The van der Waals surface area contributed by atoms with Gasteiger partial charge in [-0.25, -0.2) is 4.79 Å². The molecule has 2 rings (SSSR count). The summed E-state index contributed by atoms with van der Waals surface area (Å²) in [5, 5.41) is 4.38. The molecule has 0 amide bonds. The van der Waals surface area contributed by atoms with Gasteiger partial charge in [0.15, 0.2) is 0 Å². The number of aryl methyl sites for hydroxylation is 1. The van der Waals surface area contributed by atoms with Gasteiger partial charge in [-0.3, -0.25) is 0 Å². The van der Waals surface area contributed by atoms with Crippen molar-refractivity contribution in [1.29, 1.82) is 0 Å². The SMILES string of the molecule is CCOC(=O)c1c(C)nsc1NC1CCCCC1C. The Hall–Kier alpha value is -1.10. The number of nitrogens with zero attached hydrogens (tertiary/aromatic N) is 1. The summed E-state index contributed by atoms with van der Waals surface area (Å²) in [5.74, 6) is 0.380. The molecule has 0 aromatic carbocycles. The third-order valence-corrected chi connectivity index (χ3v) is 4.64. The first-order chi connectivity index (χ1) is 9.13. The van der Waals surface area contributed by atoms with E-state index in [0.29, 0.717) is 24.1 Å². The number of nitrogens with one attached hydrogen (secondary N) is 1. The lowest BCUT2D eigenvalue weighted by atomic mass is 9.86. The molecule has 1 aliphatic carbocycles. The second kappa shape index (κ2) is 6.37. The smallest absolute Gasteiger partial charge is 0.343 e. The maximum absolute atomic E-state index is 12.0. The highest BCUT2D eigenvalue weighted by atomic mass is 32.1. The largest absolute Gasteiger partial charge is 0.462 e. The lowest BCUT2D eigenvalue weighted by Gasteiger charge is -2.29. The summed E-state index contributed by atoms with van der Waals surface area (Å²) in [6, 6.07) is 0.446. The zero-order valence-corrected chi connectivity index (χ0v) is 12.7. The lowest BCUT2D eigenvalue weighted by molar-refractivity contribution is 0.0527. The van der Waals surface area contributed by atoms with Crippen LogP contribution in [0, 0.1) is 12.8 Å². The van der Waals surface area contributed by atoms with E-state index >= 15 is 0 Å². The molecule has 1 N–H and O–H groups in total. The number of carbonyl (C=O) groups excluding carboxylic acids is 1. The van der Waals surface area contributed by atoms with Crippen LogP contribution in [-0.2, 0) is 4.74 Å². The number of ether oxygens (including phenoxy) is 1. The quantitative estimate of drug-likeness (QED) is 0.857. The van der Waals surface area contributed by atoms with E-state index in [2.05, 4.69) is 16.6 Å². The third-order valence-electron chi connectivity index (χ3n) is 3.77. The standard InChI is InChI=1S/C14H22N2O2S/c1-4-18-14(17)12-10(3)16-19-13(12)15-11-8-6-5-7-9(11)2/h9,11,15H,4-8H2,1-3H3. The fourth-order valence-corrected chi connectivity index (χ4v) is 3.46. The van der Waals surface area contributed by atoms with Crippen LogP contribution in [-0.4, -0.2) is 23.0 Å². The zero-order valence-electron chi connectivity index (χ0n) is 11.9. The monoisotopic (exact) mass is 282 g/mol. The second-order valence-corrected chi connectivity index (χ2v) is 5.98. The van der Waals surface area contributed by atoms with Gasteiger partial charge in [-0.15, -0.1) is 0 Å². The van der Waals surface area contributed by atoms with Crippen molar-refractivity contribution in [3.8, 4) is 0 Å². The number of rotatable bonds is 4. The van der Waals surface area contributed by atoms with Crippen molar-refractivity contribution in [2.24, 2.45) is 5.92 Å². The molecule has 1 aliphatic rings. The van der Waals surface area contributed by atoms with E-state index in [1.54, 1.807) is 0 Å². The molecule has 5 heteroatoms. The van der Waals surface area contributed by atoms with Gasteiger partial charge < -0.3 is 10.1 Å². The van der Waals surface area contributed by atoms with Crippen molar-refractivity contribution < 1.29 is 9.53 Å². The predicted molar refractivity (Wildman–Crippen MR) is 77.9 cm³/mol. The molecule has 1 saturated carbocycles. The van der Waals surface area contributed by atoms with Crippen LogP contribution >= 0.6 is 11.5 Å². The third kappa shape index (κ3) is 3.26. The van der Waals surface area contributed by atoms with Gasteiger partial charge in [0.2, 0.25) is 0 Å². The summed E-state index contributed by atoms with van der Waals surface area (Å²) in [5.41, 5.74) is 1.37. The minimum Gasteiger partial charge on any atom is -0.462 e. The Balaban J connectivity index is 2.13. The Morgan fingerprint density at radius 2 is 2.21 bits per heavy atom. The van der Waals surface area contributed by atoms with E-state index in [1.165, 1.54) is 37.2 Å².